The normalized spacial score (nSPS) is 20.4. The van der Waals surface area contributed by atoms with Crippen LogP contribution >= 0.6 is 0 Å². The minimum Gasteiger partial charge on any atom is -0.362 e. The predicted molar refractivity (Wildman–Crippen MR) is 77.7 cm³/mol. The van der Waals surface area contributed by atoms with Crippen LogP contribution in [0.3, 0.4) is 0 Å². The number of aromatic amines is 1. The molecule has 1 atom stereocenters. The lowest BCUT2D eigenvalue weighted by atomic mass is 10.1. The van der Waals surface area contributed by atoms with Crippen molar-refractivity contribution in [3.05, 3.63) is 23.0 Å². The van der Waals surface area contributed by atoms with E-state index in [-0.39, 0.29) is 5.78 Å². The number of aromatic nitrogens is 1. The molecule has 19 heavy (non-hydrogen) atoms. The molecule has 0 bridgehead atoms. The summed E-state index contributed by atoms with van der Waals surface area (Å²) in [6, 6.07) is 2.56. The van der Waals surface area contributed by atoms with E-state index >= 15 is 0 Å². The van der Waals surface area contributed by atoms with Crippen LogP contribution in [0.2, 0.25) is 0 Å². The van der Waals surface area contributed by atoms with Gasteiger partial charge in [-0.15, -0.1) is 0 Å². The number of nitrogens with one attached hydrogen (secondary N) is 1. The topological polar surface area (TPSA) is 39.3 Å². The molecule has 1 fully saturated rings. The third-order valence-electron chi connectivity index (χ3n) is 4.06. The Morgan fingerprint density at radius 3 is 2.79 bits per heavy atom. The highest BCUT2D eigenvalue weighted by Gasteiger charge is 2.23. The zero-order chi connectivity index (χ0) is 14.0. The van der Waals surface area contributed by atoms with Crippen molar-refractivity contribution in [1.82, 2.24) is 14.8 Å². The van der Waals surface area contributed by atoms with E-state index in [0.29, 0.717) is 12.6 Å². The van der Waals surface area contributed by atoms with Crippen LogP contribution in [0.25, 0.3) is 0 Å². The Morgan fingerprint density at radius 1 is 1.53 bits per heavy atom. The van der Waals surface area contributed by atoms with Crippen LogP contribution in [0, 0.1) is 13.8 Å². The number of hydrogen-bond acceptors (Lipinski definition) is 3. The van der Waals surface area contributed by atoms with Crippen LogP contribution < -0.4 is 0 Å². The minimum atomic E-state index is 0.213. The molecule has 1 aromatic rings. The molecule has 0 radical (unpaired) electrons. The summed E-state index contributed by atoms with van der Waals surface area (Å²) in [7, 11) is 4.21. The maximum Gasteiger partial charge on any atom is 0.178 e. The number of likely N-dealkylation sites (tertiary alicyclic amines) is 1. The Labute approximate surface area is 115 Å². The number of ketones is 1. The number of likely N-dealkylation sites (N-methyl/N-ethyl adjacent to an activating group) is 2. The summed E-state index contributed by atoms with van der Waals surface area (Å²) in [6.45, 7) is 6.61. The van der Waals surface area contributed by atoms with Gasteiger partial charge in [-0.3, -0.25) is 9.69 Å². The van der Waals surface area contributed by atoms with Gasteiger partial charge in [0, 0.05) is 29.5 Å². The average molecular weight is 263 g/mol. The maximum absolute atomic E-state index is 12.3. The summed E-state index contributed by atoms with van der Waals surface area (Å²) in [6.07, 6.45) is 2.52. The number of nitrogens with zero attached hydrogens (tertiary/aromatic N) is 2. The van der Waals surface area contributed by atoms with Crippen molar-refractivity contribution in [2.45, 2.75) is 32.7 Å². The second-order valence-corrected chi connectivity index (χ2v) is 5.89. The van der Waals surface area contributed by atoms with Crippen LogP contribution in [0.4, 0.5) is 0 Å². The van der Waals surface area contributed by atoms with Crippen LogP contribution in [0.5, 0.6) is 0 Å². The van der Waals surface area contributed by atoms with E-state index in [4.69, 9.17) is 0 Å². The molecule has 0 aliphatic carbocycles. The second-order valence-electron chi connectivity index (χ2n) is 5.89. The predicted octanol–water partition coefficient (Wildman–Crippen LogP) is 1.84. The van der Waals surface area contributed by atoms with Crippen molar-refractivity contribution >= 4 is 5.78 Å². The highest BCUT2D eigenvalue weighted by Crippen LogP contribution is 2.16. The fraction of sp³-hybridized carbons (Fsp3) is 0.667. The number of carbonyl (C=O) groups is 1. The van der Waals surface area contributed by atoms with E-state index in [1.54, 1.807) is 0 Å². The van der Waals surface area contributed by atoms with E-state index in [1.165, 1.54) is 19.4 Å². The van der Waals surface area contributed by atoms with Gasteiger partial charge in [-0.1, -0.05) is 0 Å². The molecular formula is C15H25N3O. The largest absolute Gasteiger partial charge is 0.362 e. The Bertz CT molecular complexity index is 452. The Kier molecular flexibility index (Phi) is 4.42. The quantitative estimate of drug-likeness (QED) is 0.824. The number of aryl methyl sites for hydroxylation is 2. The van der Waals surface area contributed by atoms with Gasteiger partial charge >= 0.3 is 0 Å². The van der Waals surface area contributed by atoms with Gasteiger partial charge < -0.3 is 9.88 Å². The highest BCUT2D eigenvalue weighted by molar-refractivity contribution is 5.98. The van der Waals surface area contributed by atoms with Crippen molar-refractivity contribution in [1.29, 1.82) is 0 Å². The molecule has 2 rings (SSSR count). The van der Waals surface area contributed by atoms with Crippen LogP contribution in [0.1, 0.15) is 34.6 Å². The van der Waals surface area contributed by atoms with Crippen molar-refractivity contribution < 1.29 is 4.79 Å². The van der Waals surface area contributed by atoms with E-state index < -0.39 is 0 Å². The molecule has 0 aromatic carbocycles. The van der Waals surface area contributed by atoms with Gasteiger partial charge in [0.05, 0.1) is 6.54 Å². The van der Waals surface area contributed by atoms with Gasteiger partial charge in [0.25, 0.3) is 0 Å². The summed E-state index contributed by atoms with van der Waals surface area (Å²) in [4.78, 5) is 20.0. The fourth-order valence-electron chi connectivity index (χ4n) is 2.98. The lowest BCUT2D eigenvalue weighted by molar-refractivity contribution is 0.0932. The van der Waals surface area contributed by atoms with Crippen molar-refractivity contribution in [3.8, 4) is 0 Å². The summed E-state index contributed by atoms with van der Waals surface area (Å²) in [5.74, 6) is 0.213. The molecule has 1 aromatic heterocycles. The van der Waals surface area contributed by atoms with Crippen LogP contribution in [-0.2, 0) is 0 Å². The molecule has 0 amide bonds. The van der Waals surface area contributed by atoms with E-state index in [1.807, 2.05) is 27.0 Å². The lowest BCUT2D eigenvalue weighted by Gasteiger charge is -2.25. The molecule has 1 saturated heterocycles. The first-order chi connectivity index (χ1) is 8.97. The smallest absolute Gasteiger partial charge is 0.178 e. The molecule has 1 aliphatic heterocycles. The highest BCUT2D eigenvalue weighted by atomic mass is 16.1. The van der Waals surface area contributed by atoms with E-state index in [0.717, 1.165) is 23.5 Å². The second kappa shape index (κ2) is 5.88. The number of hydrogen-bond donors (Lipinski definition) is 1. The Morgan fingerprint density at radius 2 is 2.26 bits per heavy atom. The molecule has 1 unspecified atom stereocenters. The third kappa shape index (κ3) is 3.45. The van der Waals surface area contributed by atoms with Crippen LogP contribution in [-0.4, -0.2) is 60.3 Å². The van der Waals surface area contributed by atoms with Gasteiger partial charge in [0.15, 0.2) is 5.78 Å². The van der Waals surface area contributed by atoms with Gasteiger partial charge in [-0.05, 0) is 53.4 Å². The summed E-state index contributed by atoms with van der Waals surface area (Å²) in [5, 5.41) is 0. The standard InChI is InChI=1S/C15H25N3O/c1-11-8-14(12(2)16-11)15(19)10-17(3)9-13-6-5-7-18(13)4/h8,13,16H,5-7,9-10H2,1-4H3. The van der Waals surface area contributed by atoms with Crippen molar-refractivity contribution in [2.75, 3.05) is 33.7 Å². The molecule has 2 heterocycles. The molecule has 4 nitrogen and oxygen atoms in total. The molecule has 1 aliphatic rings. The molecule has 106 valence electrons. The zero-order valence-electron chi connectivity index (χ0n) is 12.5. The van der Waals surface area contributed by atoms with Gasteiger partial charge in [-0.2, -0.15) is 0 Å². The summed E-state index contributed by atoms with van der Waals surface area (Å²) in [5.41, 5.74) is 2.87. The molecule has 0 spiro atoms. The number of H-pyrrole nitrogens is 1. The molecule has 0 saturated carbocycles. The minimum absolute atomic E-state index is 0.213. The fourth-order valence-corrected chi connectivity index (χ4v) is 2.98. The lowest BCUT2D eigenvalue weighted by Crippen LogP contribution is -2.38. The molecule has 4 heteroatoms. The zero-order valence-corrected chi connectivity index (χ0v) is 12.5. The SMILES string of the molecule is Cc1cc(C(=O)CN(C)CC2CCCN2C)c(C)[nH]1. The van der Waals surface area contributed by atoms with E-state index in [2.05, 4.69) is 21.8 Å². The summed E-state index contributed by atoms with van der Waals surface area (Å²) >= 11 is 0. The van der Waals surface area contributed by atoms with Gasteiger partial charge in [0.2, 0.25) is 0 Å². The molecule has 1 N–H and O–H groups in total. The summed E-state index contributed by atoms with van der Waals surface area (Å²) < 4.78 is 0. The monoisotopic (exact) mass is 263 g/mol. The Hall–Kier alpha value is -1.13. The number of carbonyl (C=O) groups excluding carboxylic acids is 1. The first kappa shape index (κ1) is 14.3. The number of rotatable bonds is 5. The van der Waals surface area contributed by atoms with Gasteiger partial charge in [0.1, 0.15) is 0 Å². The maximum atomic E-state index is 12.3. The van der Waals surface area contributed by atoms with Gasteiger partial charge in [-0.25, -0.2) is 0 Å². The van der Waals surface area contributed by atoms with E-state index in [9.17, 15) is 4.79 Å². The average Bonchev–Trinajstić information content (AvgIpc) is 2.85. The Balaban J connectivity index is 1.90. The first-order valence-corrected chi connectivity index (χ1v) is 7.05. The molecular weight excluding hydrogens is 238 g/mol. The van der Waals surface area contributed by atoms with Crippen LogP contribution in [0.15, 0.2) is 6.07 Å². The van der Waals surface area contributed by atoms with Crippen molar-refractivity contribution in [2.24, 2.45) is 0 Å². The van der Waals surface area contributed by atoms with Crippen molar-refractivity contribution in [3.63, 3.8) is 0 Å². The third-order valence-corrected chi connectivity index (χ3v) is 4.06. The number of Topliss-reactive ketones (excluding diaryl/α,β-unsaturated/α-hetero) is 1. The first-order valence-electron chi connectivity index (χ1n) is 7.05.